The lowest BCUT2D eigenvalue weighted by atomic mass is 9.92. The third-order valence-corrected chi connectivity index (χ3v) is 3.61. The first kappa shape index (κ1) is 14.5. The second kappa shape index (κ2) is 7.06. The number of ketones is 1. The van der Waals surface area contributed by atoms with Crippen molar-refractivity contribution < 1.29 is 14.3 Å². The molecule has 1 aliphatic heterocycles. The summed E-state index contributed by atoms with van der Waals surface area (Å²) in [5.41, 5.74) is 0.698. The van der Waals surface area contributed by atoms with Crippen LogP contribution < -0.4 is 4.74 Å². The summed E-state index contributed by atoms with van der Waals surface area (Å²) in [5.74, 6) is -0.0996. The van der Waals surface area contributed by atoms with Gasteiger partial charge in [0, 0.05) is 13.0 Å². The smallest absolute Gasteiger partial charge is 0.154 e. The second-order valence-electron chi connectivity index (χ2n) is 4.98. The fraction of sp³-hybridized carbons (Fsp3) is 0.500. The maximum atomic E-state index is 12.2. The molecule has 2 atom stereocenters. The number of Topliss-reactive ketones (excluding diaryl/α,β-unsaturated/α-hetero) is 1. The zero-order chi connectivity index (χ0) is 14.4. The quantitative estimate of drug-likeness (QED) is 0.799. The largest absolute Gasteiger partial charge is 0.497 e. The van der Waals surface area contributed by atoms with Gasteiger partial charge in [0.25, 0.3) is 0 Å². The molecule has 2 unspecified atom stereocenters. The minimum Gasteiger partial charge on any atom is -0.497 e. The second-order valence-corrected chi connectivity index (χ2v) is 4.98. The van der Waals surface area contributed by atoms with Gasteiger partial charge in [0.1, 0.15) is 11.7 Å². The van der Waals surface area contributed by atoms with Crippen LogP contribution in [0, 0.1) is 11.3 Å². The van der Waals surface area contributed by atoms with Gasteiger partial charge in [-0.2, -0.15) is 5.26 Å². The normalized spacial score (nSPS) is 19.3. The van der Waals surface area contributed by atoms with E-state index >= 15 is 0 Å². The minimum absolute atomic E-state index is 0.0451. The summed E-state index contributed by atoms with van der Waals surface area (Å²) in [6.45, 7) is 0.788. The van der Waals surface area contributed by atoms with Crippen molar-refractivity contribution in [2.75, 3.05) is 13.7 Å². The van der Waals surface area contributed by atoms with Crippen LogP contribution in [0.15, 0.2) is 24.3 Å². The summed E-state index contributed by atoms with van der Waals surface area (Å²) >= 11 is 0. The van der Waals surface area contributed by atoms with Crippen molar-refractivity contribution in [2.24, 2.45) is 0 Å². The molecule has 1 fully saturated rings. The van der Waals surface area contributed by atoms with Gasteiger partial charge in [-0.3, -0.25) is 4.79 Å². The predicted octanol–water partition coefficient (Wildman–Crippen LogP) is 2.83. The van der Waals surface area contributed by atoms with Crippen LogP contribution in [-0.2, 0) is 9.53 Å². The number of nitriles is 1. The fourth-order valence-corrected chi connectivity index (χ4v) is 2.47. The van der Waals surface area contributed by atoms with E-state index in [9.17, 15) is 10.1 Å². The molecule has 1 aromatic rings. The lowest BCUT2D eigenvalue weighted by Gasteiger charge is -2.12. The van der Waals surface area contributed by atoms with Crippen molar-refractivity contribution in [3.8, 4) is 11.8 Å². The third-order valence-electron chi connectivity index (χ3n) is 3.61. The highest BCUT2D eigenvalue weighted by molar-refractivity contribution is 5.88. The van der Waals surface area contributed by atoms with E-state index in [1.807, 2.05) is 0 Å². The Balaban J connectivity index is 1.99. The molecule has 1 aromatic carbocycles. The molecule has 0 aromatic heterocycles. The number of methoxy groups -OCH3 is 1. The standard InChI is InChI=1S/C16H19NO3/c1-19-14-5-2-4-12(10-14)15(11-17)16(18)8-7-13-6-3-9-20-13/h2,4-5,10,13,15H,3,6-9H2,1H3. The van der Waals surface area contributed by atoms with Gasteiger partial charge in [-0.15, -0.1) is 0 Å². The molecule has 20 heavy (non-hydrogen) atoms. The van der Waals surface area contributed by atoms with Gasteiger partial charge in [0.05, 0.1) is 19.3 Å². The summed E-state index contributed by atoms with van der Waals surface area (Å²) in [6, 6.07) is 9.24. The maximum absolute atomic E-state index is 12.2. The summed E-state index contributed by atoms with van der Waals surface area (Å²) < 4.78 is 10.6. The van der Waals surface area contributed by atoms with Crippen LogP contribution in [0.4, 0.5) is 0 Å². The van der Waals surface area contributed by atoms with Crippen molar-refractivity contribution in [2.45, 2.75) is 37.7 Å². The molecule has 4 heteroatoms. The Labute approximate surface area is 119 Å². The molecular weight excluding hydrogens is 254 g/mol. The van der Waals surface area contributed by atoms with E-state index in [2.05, 4.69) is 6.07 Å². The van der Waals surface area contributed by atoms with Crippen molar-refractivity contribution in [1.29, 1.82) is 5.26 Å². The number of nitrogens with zero attached hydrogens (tertiary/aromatic N) is 1. The van der Waals surface area contributed by atoms with Gasteiger partial charge in [0.15, 0.2) is 5.78 Å². The van der Waals surface area contributed by atoms with Crippen LogP contribution in [-0.4, -0.2) is 25.6 Å². The topological polar surface area (TPSA) is 59.3 Å². The number of hydrogen-bond acceptors (Lipinski definition) is 4. The molecule has 1 aliphatic rings. The van der Waals surface area contributed by atoms with E-state index in [0.29, 0.717) is 24.2 Å². The van der Waals surface area contributed by atoms with Gasteiger partial charge in [-0.05, 0) is 37.0 Å². The molecular formula is C16H19NO3. The van der Waals surface area contributed by atoms with Crippen LogP contribution in [0.2, 0.25) is 0 Å². The van der Waals surface area contributed by atoms with E-state index in [4.69, 9.17) is 9.47 Å². The Morgan fingerprint density at radius 3 is 3.10 bits per heavy atom. The lowest BCUT2D eigenvalue weighted by molar-refractivity contribution is -0.120. The molecule has 0 radical (unpaired) electrons. The summed E-state index contributed by atoms with van der Waals surface area (Å²) in [6.07, 6.45) is 3.37. The summed E-state index contributed by atoms with van der Waals surface area (Å²) in [5, 5.41) is 9.26. The molecule has 0 bridgehead atoms. The molecule has 0 N–H and O–H groups in total. The highest BCUT2D eigenvalue weighted by Crippen LogP contribution is 2.24. The number of rotatable bonds is 6. The Kier molecular flexibility index (Phi) is 5.14. The first-order valence-electron chi connectivity index (χ1n) is 6.92. The Bertz CT molecular complexity index is 501. The highest BCUT2D eigenvalue weighted by Gasteiger charge is 2.23. The fourth-order valence-electron chi connectivity index (χ4n) is 2.47. The zero-order valence-corrected chi connectivity index (χ0v) is 11.7. The van der Waals surface area contributed by atoms with Crippen LogP contribution >= 0.6 is 0 Å². The van der Waals surface area contributed by atoms with E-state index in [1.54, 1.807) is 31.4 Å². The van der Waals surface area contributed by atoms with Gasteiger partial charge < -0.3 is 9.47 Å². The van der Waals surface area contributed by atoms with Gasteiger partial charge in [-0.25, -0.2) is 0 Å². The molecule has 1 saturated heterocycles. The van der Waals surface area contributed by atoms with Crippen LogP contribution in [0.25, 0.3) is 0 Å². The maximum Gasteiger partial charge on any atom is 0.154 e. The number of ether oxygens (including phenoxy) is 2. The Hall–Kier alpha value is -1.86. The monoisotopic (exact) mass is 273 g/mol. The molecule has 106 valence electrons. The van der Waals surface area contributed by atoms with Crippen molar-refractivity contribution in [1.82, 2.24) is 0 Å². The van der Waals surface area contributed by atoms with E-state index in [1.165, 1.54) is 0 Å². The van der Waals surface area contributed by atoms with Crippen LogP contribution in [0.3, 0.4) is 0 Å². The van der Waals surface area contributed by atoms with Gasteiger partial charge >= 0.3 is 0 Å². The SMILES string of the molecule is COc1cccc(C(C#N)C(=O)CCC2CCCO2)c1. The molecule has 0 aliphatic carbocycles. The van der Waals surface area contributed by atoms with Crippen molar-refractivity contribution in [3.05, 3.63) is 29.8 Å². The molecule has 0 spiro atoms. The highest BCUT2D eigenvalue weighted by atomic mass is 16.5. The van der Waals surface area contributed by atoms with Gasteiger partial charge in [-0.1, -0.05) is 12.1 Å². The number of carbonyl (C=O) groups excluding carboxylic acids is 1. The molecule has 0 amide bonds. The first-order valence-corrected chi connectivity index (χ1v) is 6.92. The Morgan fingerprint density at radius 1 is 1.60 bits per heavy atom. The number of carbonyl (C=O) groups is 1. The zero-order valence-electron chi connectivity index (χ0n) is 11.7. The molecule has 4 nitrogen and oxygen atoms in total. The molecule has 1 heterocycles. The Morgan fingerprint density at radius 2 is 2.45 bits per heavy atom. The lowest BCUT2D eigenvalue weighted by Crippen LogP contribution is -2.14. The minimum atomic E-state index is -0.716. The average Bonchev–Trinajstić information content (AvgIpc) is 2.99. The number of hydrogen-bond donors (Lipinski definition) is 0. The third kappa shape index (κ3) is 3.58. The summed E-state index contributed by atoms with van der Waals surface area (Å²) in [7, 11) is 1.57. The van der Waals surface area contributed by atoms with Crippen LogP contribution in [0.5, 0.6) is 5.75 Å². The van der Waals surface area contributed by atoms with E-state index in [0.717, 1.165) is 19.4 Å². The van der Waals surface area contributed by atoms with Gasteiger partial charge in [0.2, 0.25) is 0 Å². The predicted molar refractivity (Wildman–Crippen MR) is 74.6 cm³/mol. The van der Waals surface area contributed by atoms with Crippen molar-refractivity contribution >= 4 is 5.78 Å². The first-order chi connectivity index (χ1) is 9.74. The van der Waals surface area contributed by atoms with E-state index in [-0.39, 0.29) is 11.9 Å². The molecule has 0 saturated carbocycles. The van der Waals surface area contributed by atoms with Crippen LogP contribution in [0.1, 0.15) is 37.2 Å². The molecule has 2 rings (SSSR count). The average molecular weight is 273 g/mol. The summed E-state index contributed by atoms with van der Waals surface area (Å²) in [4.78, 5) is 12.2. The number of benzene rings is 1. The van der Waals surface area contributed by atoms with Crippen molar-refractivity contribution in [3.63, 3.8) is 0 Å². The van der Waals surface area contributed by atoms with E-state index < -0.39 is 5.92 Å².